The van der Waals surface area contributed by atoms with Gasteiger partial charge in [0.05, 0.1) is 6.54 Å². The summed E-state index contributed by atoms with van der Waals surface area (Å²) >= 11 is 0. The molecule has 100 valence electrons. The van der Waals surface area contributed by atoms with E-state index in [1.54, 1.807) is 0 Å². The second kappa shape index (κ2) is 8.51. The molecule has 1 aliphatic carbocycles. The summed E-state index contributed by atoms with van der Waals surface area (Å²) in [6, 6.07) is 0.309. The number of carbonyl (C=O) groups is 1. The molecular weight excluding hydrogens is 212 g/mol. The molecule has 0 spiro atoms. The number of nitrogens with one attached hydrogen (secondary N) is 2. The molecule has 3 heteroatoms. The summed E-state index contributed by atoms with van der Waals surface area (Å²) < 4.78 is 0. The van der Waals surface area contributed by atoms with Gasteiger partial charge < -0.3 is 10.6 Å². The summed E-state index contributed by atoms with van der Waals surface area (Å²) in [5.74, 6) is 1.04. The fourth-order valence-electron chi connectivity index (χ4n) is 2.64. The first kappa shape index (κ1) is 14.5. The molecule has 3 nitrogen and oxygen atoms in total. The van der Waals surface area contributed by atoms with Crippen molar-refractivity contribution >= 4 is 5.91 Å². The second-order valence-corrected chi connectivity index (χ2v) is 5.37. The van der Waals surface area contributed by atoms with Gasteiger partial charge in [-0.25, -0.2) is 0 Å². The van der Waals surface area contributed by atoms with Crippen molar-refractivity contribution in [2.24, 2.45) is 5.92 Å². The van der Waals surface area contributed by atoms with E-state index in [9.17, 15) is 4.79 Å². The van der Waals surface area contributed by atoms with Gasteiger partial charge in [-0.15, -0.1) is 0 Å². The van der Waals surface area contributed by atoms with Gasteiger partial charge in [0.1, 0.15) is 0 Å². The molecule has 0 heterocycles. The summed E-state index contributed by atoms with van der Waals surface area (Å²) in [5.41, 5.74) is 0. The van der Waals surface area contributed by atoms with Gasteiger partial charge in [-0.05, 0) is 32.2 Å². The van der Waals surface area contributed by atoms with E-state index in [2.05, 4.69) is 24.5 Å². The van der Waals surface area contributed by atoms with Crippen molar-refractivity contribution in [1.29, 1.82) is 0 Å². The van der Waals surface area contributed by atoms with Crippen LogP contribution in [0.15, 0.2) is 0 Å². The van der Waals surface area contributed by atoms with Crippen LogP contribution in [0.4, 0.5) is 0 Å². The van der Waals surface area contributed by atoms with Gasteiger partial charge in [0.15, 0.2) is 0 Å². The van der Waals surface area contributed by atoms with Gasteiger partial charge in [-0.2, -0.15) is 0 Å². The molecule has 17 heavy (non-hydrogen) atoms. The normalized spacial score (nSPS) is 18.2. The van der Waals surface area contributed by atoms with Crippen LogP contribution < -0.4 is 10.6 Å². The van der Waals surface area contributed by atoms with Crippen molar-refractivity contribution in [3.8, 4) is 0 Å². The van der Waals surface area contributed by atoms with Gasteiger partial charge in [-0.1, -0.05) is 39.0 Å². The average molecular weight is 240 g/mol. The predicted molar refractivity (Wildman–Crippen MR) is 72.0 cm³/mol. The minimum atomic E-state index is 0.136. The third-order valence-corrected chi connectivity index (χ3v) is 3.62. The molecule has 1 fully saturated rings. The Morgan fingerprint density at radius 2 is 2.06 bits per heavy atom. The molecule has 0 aliphatic heterocycles. The van der Waals surface area contributed by atoms with E-state index in [0.717, 1.165) is 25.3 Å². The van der Waals surface area contributed by atoms with Crippen molar-refractivity contribution in [3.63, 3.8) is 0 Å². The van der Waals surface area contributed by atoms with Gasteiger partial charge in [0.25, 0.3) is 0 Å². The highest BCUT2D eigenvalue weighted by molar-refractivity contribution is 5.78. The second-order valence-electron chi connectivity index (χ2n) is 5.37. The number of rotatable bonds is 8. The molecule has 1 amide bonds. The molecule has 0 aromatic carbocycles. The maximum Gasteiger partial charge on any atom is 0.234 e. The Kier molecular flexibility index (Phi) is 7.25. The van der Waals surface area contributed by atoms with Crippen molar-refractivity contribution in [3.05, 3.63) is 0 Å². The summed E-state index contributed by atoms with van der Waals surface area (Å²) in [6.07, 6.45) is 9.00. The first-order valence-electron chi connectivity index (χ1n) is 7.22. The number of amides is 1. The van der Waals surface area contributed by atoms with Crippen molar-refractivity contribution in [2.75, 3.05) is 13.1 Å². The Bertz CT molecular complexity index is 212. The Labute approximate surface area is 106 Å². The third kappa shape index (κ3) is 6.67. The summed E-state index contributed by atoms with van der Waals surface area (Å²) in [5, 5.41) is 6.26. The van der Waals surface area contributed by atoms with E-state index in [4.69, 9.17) is 0 Å². The molecule has 1 aliphatic rings. The van der Waals surface area contributed by atoms with Crippen LogP contribution in [0.25, 0.3) is 0 Å². The van der Waals surface area contributed by atoms with E-state index in [1.807, 2.05) is 0 Å². The van der Waals surface area contributed by atoms with Crippen molar-refractivity contribution in [2.45, 2.75) is 64.8 Å². The summed E-state index contributed by atoms with van der Waals surface area (Å²) in [7, 11) is 0. The zero-order valence-electron chi connectivity index (χ0n) is 11.4. The molecule has 0 aromatic heterocycles. The van der Waals surface area contributed by atoms with E-state index in [1.165, 1.54) is 32.1 Å². The van der Waals surface area contributed by atoms with Gasteiger partial charge in [0.2, 0.25) is 5.91 Å². The largest absolute Gasteiger partial charge is 0.353 e. The minimum absolute atomic E-state index is 0.136. The Balaban J connectivity index is 1.95. The molecule has 2 N–H and O–H groups in total. The molecule has 0 saturated heterocycles. The van der Waals surface area contributed by atoms with Gasteiger partial charge in [-0.3, -0.25) is 4.79 Å². The molecule has 1 saturated carbocycles. The first-order valence-corrected chi connectivity index (χ1v) is 7.22. The number of carbonyl (C=O) groups excluding carboxylic acids is 1. The molecule has 1 atom stereocenters. The molecule has 0 bridgehead atoms. The zero-order chi connectivity index (χ0) is 12.5. The van der Waals surface area contributed by atoms with Crippen LogP contribution in [-0.2, 0) is 4.79 Å². The SMILES string of the molecule is CCCC(C)NC(=O)CNCCC1CCCC1. The highest BCUT2D eigenvalue weighted by Gasteiger charge is 2.14. The lowest BCUT2D eigenvalue weighted by atomic mass is 10.0. The van der Waals surface area contributed by atoms with Crippen LogP contribution in [0.2, 0.25) is 0 Å². The monoisotopic (exact) mass is 240 g/mol. The van der Waals surface area contributed by atoms with Gasteiger partial charge >= 0.3 is 0 Å². The van der Waals surface area contributed by atoms with E-state index < -0.39 is 0 Å². The molecule has 0 aromatic rings. The topological polar surface area (TPSA) is 41.1 Å². The van der Waals surface area contributed by atoms with Crippen LogP contribution in [-0.4, -0.2) is 25.0 Å². The minimum Gasteiger partial charge on any atom is -0.353 e. The summed E-state index contributed by atoms with van der Waals surface area (Å²) in [6.45, 7) is 5.67. The molecule has 0 radical (unpaired) electrons. The quantitative estimate of drug-likeness (QED) is 0.640. The molecule has 1 unspecified atom stereocenters. The van der Waals surface area contributed by atoms with Crippen LogP contribution >= 0.6 is 0 Å². The first-order chi connectivity index (χ1) is 8.22. The Morgan fingerprint density at radius 1 is 1.35 bits per heavy atom. The maximum atomic E-state index is 11.6. The van der Waals surface area contributed by atoms with Gasteiger partial charge in [0, 0.05) is 6.04 Å². The van der Waals surface area contributed by atoms with Crippen LogP contribution in [0, 0.1) is 5.92 Å². The number of hydrogen-bond donors (Lipinski definition) is 2. The van der Waals surface area contributed by atoms with E-state index >= 15 is 0 Å². The Morgan fingerprint density at radius 3 is 2.71 bits per heavy atom. The van der Waals surface area contributed by atoms with Crippen molar-refractivity contribution in [1.82, 2.24) is 10.6 Å². The summed E-state index contributed by atoms with van der Waals surface area (Å²) in [4.78, 5) is 11.6. The number of hydrogen-bond acceptors (Lipinski definition) is 2. The predicted octanol–water partition coefficient (Wildman–Crippen LogP) is 2.46. The van der Waals surface area contributed by atoms with Crippen LogP contribution in [0.5, 0.6) is 0 Å². The third-order valence-electron chi connectivity index (χ3n) is 3.62. The molecular formula is C14H28N2O. The standard InChI is InChI=1S/C14H28N2O/c1-3-6-12(2)16-14(17)11-15-10-9-13-7-4-5-8-13/h12-13,15H,3-11H2,1-2H3,(H,16,17). The van der Waals surface area contributed by atoms with Crippen molar-refractivity contribution < 1.29 is 4.79 Å². The fraction of sp³-hybridized carbons (Fsp3) is 0.929. The van der Waals surface area contributed by atoms with Crippen LogP contribution in [0.1, 0.15) is 58.8 Å². The highest BCUT2D eigenvalue weighted by atomic mass is 16.1. The lowest BCUT2D eigenvalue weighted by Crippen LogP contribution is -2.39. The smallest absolute Gasteiger partial charge is 0.234 e. The van der Waals surface area contributed by atoms with Crippen LogP contribution in [0.3, 0.4) is 0 Å². The van der Waals surface area contributed by atoms with E-state index in [-0.39, 0.29) is 5.91 Å². The molecule has 1 rings (SSSR count). The lowest BCUT2D eigenvalue weighted by molar-refractivity contribution is -0.120. The zero-order valence-corrected chi connectivity index (χ0v) is 11.4. The maximum absolute atomic E-state index is 11.6. The highest BCUT2D eigenvalue weighted by Crippen LogP contribution is 2.26. The Hall–Kier alpha value is -0.570. The fourth-order valence-corrected chi connectivity index (χ4v) is 2.64. The average Bonchev–Trinajstić information content (AvgIpc) is 2.77. The lowest BCUT2D eigenvalue weighted by Gasteiger charge is -2.13. The van der Waals surface area contributed by atoms with E-state index in [0.29, 0.717) is 12.6 Å².